The van der Waals surface area contributed by atoms with Gasteiger partial charge in [-0.25, -0.2) is 9.98 Å². The van der Waals surface area contributed by atoms with Gasteiger partial charge in [0.15, 0.2) is 17.5 Å². The lowest BCUT2D eigenvalue weighted by Gasteiger charge is -2.36. The van der Waals surface area contributed by atoms with Gasteiger partial charge in [0.2, 0.25) is 5.82 Å². The van der Waals surface area contributed by atoms with E-state index in [4.69, 9.17) is 8.83 Å². The predicted molar refractivity (Wildman–Crippen MR) is 120 cm³/mol. The lowest BCUT2D eigenvalue weighted by Crippen LogP contribution is -2.53. The van der Waals surface area contributed by atoms with Crippen LogP contribution in [0.5, 0.6) is 0 Å². The number of nitrogens with zero attached hydrogens (tertiary/aromatic N) is 5. The molecule has 30 heavy (non-hydrogen) atoms. The smallest absolute Gasteiger partial charge is 0.289 e. The summed E-state index contributed by atoms with van der Waals surface area (Å²) in [6.07, 6.45) is 3.10. The summed E-state index contributed by atoms with van der Waals surface area (Å²) >= 11 is 0. The van der Waals surface area contributed by atoms with Crippen molar-refractivity contribution in [1.82, 2.24) is 30.3 Å². The predicted octanol–water partition coefficient (Wildman–Crippen LogP) is 2.20. The normalized spacial score (nSPS) is 14.5. The highest BCUT2D eigenvalue weighted by Gasteiger charge is 2.25. The molecule has 1 aliphatic heterocycles. The maximum absolute atomic E-state index is 12.4. The summed E-state index contributed by atoms with van der Waals surface area (Å²) in [6, 6.07) is 7.02. The molecule has 3 aromatic rings. The Morgan fingerprint density at radius 1 is 1.17 bits per heavy atom. The van der Waals surface area contributed by atoms with Crippen molar-refractivity contribution in [2.24, 2.45) is 4.99 Å². The van der Waals surface area contributed by atoms with Crippen LogP contribution in [-0.2, 0) is 6.54 Å². The number of hydrogen-bond donors (Lipinski definition) is 2. The van der Waals surface area contributed by atoms with Crippen molar-refractivity contribution in [1.29, 1.82) is 0 Å². The molecule has 0 unspecified atom stereocenters. The average molecular weight is 525 g/mol. The van der Waals surface area contributed by atoms with E-state index in [-0.39, 0.29) is 29.9 Å². The van der Waals surface area contributed by atoms with Crippen LogP contribution in [0.3, 0.4) is 0 Å². The number of amides is 1. The number of carbonyl (C=O) groups excluding carboxylic acids is 1. The fourth-order valence-corrected chi connectivity index (χ4v) is 3.14. The molecule has 3 aromatic heterocycles. The first-order chi connectivity index (χ1) is 14.2. The van der Waals surface area contributed by atoms with Gasteiger partial charge in [-0.05, 0) is 31.2 Å². The van der Waals surface area contributed by atoms with E-state index in [1.165, 1.54) is 6.26 Å². The third-order valence-electron chi connectivity index (χ3n) is 4.59. The second-order valence-corrected chi connectivity index (χ2v) is 6.51. The van der Waals surface area contributed by atoms with Gasteiger partial charge >= 0.3 is 0 Å². The van der Waals surface area contributed by atoms with Gasteiger partial charge in [-0.3, -0.25) is 9.89 Å². The molecule has 160 valence electrons. The summed E-state index contributed by atoms with van der Waals surface area (Å²) < 4.78 is 10.5. The third-order valence-corrected chi connectivity index (χ3v) is 4.59. The Morgan fingerprint density at radius 2 is 1.90 bits per heavy atom. The van der Waals surface area contributed by atoms with Gasteiger partial charge in [0.25, 0.3) is 5.91 Å². The first-order valence-corrected chi connectivity index (χ1v) is 9.56. The Kier molecular flexibility index (Phi) is 7.49. The van der Waals surface area contributed by atoms with Crippen molar-refractivity contribution in [2.75, 3.05) is 32.7 Å². The van der Waals surface area contributed by atoms with Crippen molar-refractivity contribution < 1.29 is 13.6 Å². The topological polar surface area (TPSA) is 116 Å². The highest BCUT2D eigenvalue weighted by atomic mass is 127. The fourth-order valence-electron chi connectivity index (χ4n) is 3.14. The molecule has 1 saturated heterocycles. The quantitative estimate of drug-likeness (QED) is 0.298. The van der Waals surface area contributed by atoms with Gasteiger partial charge in [-0.2, -0.15) is 0 Å². The lowest BCUT2D eigenvalue weighted by molar-refractivity contribution is 0.0657. The number of nitrogens with one attached hydrogen (secondary N) is 2. The molecule has 11 heteroatoms. The number of aliphatic imine (C=N–C) groups is 1. The number of piperazine rings is 1. The Morgan fingerprint density at radius 3 is 2.57 bits per heavy atom. The molecule has 0 bridgehead atoms. The summed E-state index contributed by atoms with van der Waals surface area (Å²) in [5, 5.41) is 10.4. The summed E-state index contributed by atoms with van der Waals surface area (Å²) in [4.78, 5) is 25.4. The van der Waals surface area contributed by atoms with Gasteiger partial charge in [0.1, 0.15) is 12.4 Å². The van der Waals surface area contributed by atoms with E-state index in [1.54, 1.807) is 29.4 Å². The standard InChI is InChI=1S/C19H23N7O3.HI/c1-2-20-19(21-13-16-22-17(24-23-16)14-5-3-11-28-14)26-9-7-25(8-10-26)18(27)15-6-4-12-29-15;/h3-6,11-12H,2,7-10,13H2,1H3,(H,20,21)(H,22,23,24);1H. The minimum atomic E-state index is -0.0799. The summed E-state index contributed by atoms with van der Waals surface area (Å²) in [7, 11) is 0. The van der Waals surface area contributed by atoms with Crippen LogP contribution < -0.4 is 5.32 Å². The average Bonchev–Trinajstić information content (AvgIpc) is 3.52. The maximum atomic E-state index is 12.4. The number of halogens is 1. The number of guanidine groups is 1. The number of H-pyrrole nitrogens is 1. The highest BCUT2D eigenvalue weighted by molar-refractivity contribution is 14.0. The van der Waals surface area contributed by atoms with E-state index in [1.807, 2.05) is 13.0 Å². The van der Waals surface area contributed by atoms with E-state index in [0.717, 1.165) is 12.5 Å². The van der Waals surface area contributed by atoms with Crippen LogP contribution in [-0.4, -0.2) is 69.6 Å². The fraction of sp³-hybridized carbons (Fsp3) is 0.368. The Bertz CT molecular complexity index is 945. The molecule has 10 nitrogen and oxygen atoms in total. The van der Waals surface area contributed by atoms with Crippen molar-refractivity contribution in [3.8, 4) is 11.6 Å². The first-order valence-electron chi connectivity index (χ1n) is 9.56. The molecule has 0 spiro atoms. The number of carbonyl (C=O) groups is 1. The molecule has 0 radical (unpaired) electrons. The highest BCUT2D eigenvalue weighted by Crippen LogP contribution is 2.15. The van der Waals surface area contributed by atoms with Crippen LogP contribution in [0.2, 0.25) is 0 Å². The van der Waals surface area contributed by atoms with Gasteiger partial charge < -0.3 is 24.0 Å². The number of hydrogen-bond acceptors (Lipinski definition) is 6. The number of furan rings is 2. The Hall–Kier alpha value is -2.83. The SMILES string of the molecule is CCNC(=NCc1nc(-c2ccco2)n[nH]1)N1CCN(C(=O)c2ccco2)CC1.I. The van der Waals surface area contributed by atoms with Crippen LogP contribution in [0.1, 0.15) is 23.3 Å². The van der Waals surface area contributed by atoms with Gasteiger partial charge in [0, 0.05) is 32.7 Å². The van der Waals surface area contributed by atoms with Crippen molar-refractivity contribution in [2.45, 2.75) is 13.5 Å². The van der Waals surface area contributed by atoms with Crippen molar-refractivity contribution in [3.63, 3.8) is 0 Å². The van der Waals surface area contributed by atoms with Gasteiger partial charge in [-0.15, -0.1) is 29.1 Å². The van der Waals surface area contributed by atoms with E-state index in [0.29, 0.717) is 55.9 Å². The Balaban J connectivity index is 0.00000256. The molecule has 2 N–H and O–H groups in total. The Labute approximate surface area is 190 Å². The van der Waals surface area contributed by atoms with Crippen LogP contribution in [0.4, 0.5) is 0 Å². The minimum Gasteiger partial charge on any atom is -0.461 e. The number of aromatic nitrogens is 3. The first kappa shape index (κ1) is 21.9. The zero-order valence-electron chi connectivity index (χ0n) is 16.6. The van der Waals surface area contributed by atoms with Crippen LogP contribution in [0.15, 0.2) is 50.6 Å². The van der Waals surface area contributed by atoms with E-state index in [2.05, 4.69) is 30.4 Å². The molecule has 1 amide bonds. The number of rotatable bonds is 5. The van der Waals surface area contributed by atoms with Gasteiger partial charge in [0.05, 0.1) is 12.5 Å². The molecule has 0 atom stereocenters. The van der Waals surface area contributed by atoms with E-state index >= 15 is 0 Å². The molecular weight excluding hydrogens is 501 g/mol. The molecule has 0 aromatic carbocycles. The van der Waals surface area contributed by atoms with E-state index in [9.17, 15) is 4.79 Å². The summed E-state index contributed by atoms with van der Waals surface area (Å²) in [6.45, 7) is 5.72. The second kappa shape index (κ2) is 10.3. The molecule has 1 aliphatic rings. The van der Waals surface area contributed by atoms with Crippen LogP contribution in [0, 0.1) is 0 Å². The third kappa shape index (κ3) is 5.01. The maximum Gasteiger partial charge on any atom is 0.289 e. The van der Waals surface area contributed by atoms with E-state index < -0.39 is 0 Å². The van der Waals surface area contributed by atoms with Crippen molar-refractivity contribution >= 4 is 35.8 Å². The van der Waals surface area contributed by atoms with Gasteiger partial charge in [-0.1, -0.05) is 0 Å². The molecule has 4 heterocycles. The number of aromatic amines is 1. The summed E-state index contributed by atoms with van der Waals surface area (Å²) in [5.74, 6) is 2.85. The van der Waals surface area contributed by atoms with Crippen LogP contribution in [0.25, 0.3) is 11.6 Å². The zero-order valence-corrected chi connectivity index (χ0v) is 18.9. The molecular formula is C19H24IN7O3. The lowest BCUT2D eigenvalue weighted by atomic mass is 10.3. The second-order valence-electron chi connectivity index (χ2n) is 6.51. The largest absolute Gasteiger partial charge is 0.461 e. The molecule has 4 rings (SSSR count). The molecule has 1 fully saturated rings. The molecule has 0 aliphatic carbocycles. The zero-order chi connectivity index (χ0) is 20.1. The molecule has 0 saturated carbocycles. The van der Waals surface area contributed by atoms with Crippen molar-refractivity contribution in [3.05, 3.63) is 48.4 Å². The summed E-state index contributed by atoms with van der Waals surface area (Å²) in [5.41, 5.74) is 0. The van der Waals surface area contributed by atoms with Crippen LogP contribution >= 0.6 is 24.0 Å². The monoisotopic (exact) mass is 525 g/mol. The minimum absolute atomic E-state index is 0.